The summed E-state index contributed by atoms with van der Waals surface area (Å²) in [5, 5.41) is 3.67. The summed E-state index contributed by atoms with van der Waals surface area (Å²) in [5.74, 6) is 0. The van der Waals surface area contributed by atoms with Crippen molar-refractivity contribution in [1.82, 2.24) is 0 Å². The highest BCUT2D eigenvalue weighted by molar-refractivity contribution is 5.83. The molecule has 0 saturated carbocycles. The van der Waals surface area contributed by atoms with Crippen LogP contribution in [0.1, 0.15) is 30.6 Å². The van der Waals surface area contributed by atoms with Crippen LogP contribution < -0.4 is 0 Å². The van der Waals surface area contributed by atoms with Crippen LogP contribution in [0.25, 0.3) is 0 Å². The van der Waals surface area contributed by atoms with Crippen molar-refractivity contribution in [3.63, 3.8) is 0 Å². The van der Waals surface area contributed by atoms with E-state index in [-0.39, 0.29) is 5.56 Å². The van der Waals surface area contributed by atoms with Crippen LogP contribution in [0.15, 0.2) is 29.4 Å². The van der Waals surface area contributed by atoms with Crippen molar-refractivity contribution in [2.24, 2.45) is 5.16 Å². The molecule has 0 N–H and O–H groups in total. The number of alkyl halides is 3. The third-order valence-corrected chi connectivity index (χ3v) is 2.43. The number of nitrogens with zero attached hydrogens (tertiary/aromatic N) is 1. The summed E-state index contributed by atoms with van der Waals surface area (Å²) in [7, 11) is 0. The molecule has 2 nitrogen and oxygen atoms in total. The van der Waals surface area contributed by atoms with Crippen LogP contribution in [0.5, 0.6) is 0 Å². The molecule has 0 spiro atoms. The Labute approximate surface area is 90.7 Å². The maximum absolute atomic E-state index is 12.7. The number of hydrogen-bond acceptors (Lipinski definition) is 2. The summed E-state index contributed by atoms with van der Waals surface area (Å²) in [4.78, 5) is 4.98. The van der Waals surface area contributed by atoms with Crippen molar-refractivity contribution in [3.8, 4) is 0 Å². The lowest BCUT2D eigenvalue weighted by Gasteiger charge is -2.15. The molecule has 16 heavy (non-hydrogen) atoms. The van der Waals surface area contributed by atoms with Crippen LogP contribution in [-0.4, -0.2) is 5.71 Å². The molecular formula is C11H10F3NO. The highest BCUT2D eigenvalue weighted by Gasteiger charge is 2.36. The van der Waals surface area contributed by atoms with Gasteiger partial charge in [0.15, 0.2) is 6.10 Å². The van der Waals surface area contributed by atoms with Crippen LogP contribution in [0.2, 0.25) is 0 Å². The van der Waals surface area contributed by atoms with Gasteiger partial charge < -0.3 is 4.84 Å². The van der Waals surface area contributed by atoms with Crippen LogP contribution in [0.4, 0.5) is 13.2 Å². The average Bonchev–Trinajstić information content (AvgIpc) is 2.64. The summed E-state index contributed by atoms with van der Waals surface area (Å²) in [6.45, 7) is 1.73. The van der Waals surface area contributed by atoms with Gasteiger partial charge in [0, 0.05) is 12.0 Å². The van der Waals surface area contributed by atoms with E-state index in [9.17, 15) is 13.2 Å². The smallest absolute Gasteiger partial charge is 0.387 e. The average molecular weight is 229 g/mol. The fraction of sp³-hybridized carbons (Fsp3) is 0.364. The van der Waals surface area contributed by atoms with Gasteiger partial charge in [-0.2, -0.15) is 13.2 Å². The standard InChI is InChI=1S/C11H10F3NO/c1-7-6-10(16-15-7)8-4-2-3-5-9(8)11(12,13)14/h2-5,10H,6H2,1H3/t10-/m1/s1. The molecule has 2 rings (SSSR count). The van der Waals surface area contributed by atoms with Crippen LogP contribution >= 0.6 is 0 Å². The maximum atomic E-state index is 12.7. The van der Waals surface area contributed by atoms with Crippen molar-refractivity contribution >= 4 is 5.71 Å². The number of benzene rings is 1. The van der Waals surface area contributed by atoms with Crippen LogP contribution in [-0.2, 0) is 11.0 Å². The summed E-state index contributed by atoms with van der Waals surface area (Å²) in [6, 6.07) is 5.44. The van der Waals surface area contributed by atoms with Gasteiger partial charge in [0.2, 0.25) is 0 Å². The minimum Gasteiger partial charge on any atom is -0.387 e. The van der Waals surface area contributed by atoms with Crippen molar-refractivity contribution in [1.29, 1.82) is 0 Å². The lowest BCUT2D eigenvalue weighted by atomic mass is 9.99. The van der Waals surface area contributed by atoms with Gasteiger partial charge in [-0.25, -0.2) is 0 Å². The Hall–Kier alpha value is -1.52. The number of hydrogen-bond donors (Lipinski definition) is 0. The first kappa shape index (κ1) is 11.0. The van der Waals surface area contributed by atoms with E-state index >= 15 is 0 Å². The van der Waals surface area contributed by atoms with Gasteiger partial charge in [0.05, 0.1) is 11.3 Å². The largest absolute Gasteiger partial charge is 0.416 e. The first-order valence-corrected chi connectivity index (χ1v) is 4.84. The molecule has 0 unspecified atom stereocenters. The highest BCUT2D eigenvalue weighted by atomic mass is 19.4. The van der Waals surface area contributed by atoms with Gasteiger partial charge >= 0.3 is 6.18 Å². The van der Waals surface area contributed by atoms with E-state index in [4.69, 9.17) is 4.84 Å². The lowest BCUT2D eigenvalue weighted by Crippen LogP contribution is -2.12. The van der Waals surface area contributed by atoms with Gasteiger partial charge in [-0.15, -0.1) is 0 Å². The van der Waals surface area contributed by atoms with Gasteiger partial charge in [-0.05, 0) is 13.0 Å². The van der Waals surface area contributed by atoms with E-state index in [1.807, 2.05) is 0 Å². The zero-order chi connectivity index (χ0) is 11.8. The monoisotopic (exact) mass is 229 g/mol. The second kappa shape index (κ2) is 3.81. The van der Waals surface area contributed by atoms with Crippen molar-refractivity contribution < 1.29 is 18.0 Å². The van der Waals surface area contributed by atoms with E-state index in [1.165, 1.54) is 12.1 Å². The Kier molecular flexibility index (Phi) is 2.61. The molecule has 0 aromatic heterocycles. The quantitative estimate of drug-likeness (QED) is 0.721. The van der Waals surface area contributed by atoms with Gasteiger partial charge in [0.25, 0.3) is 0 Å². The topological polar surface area (TPSA) is 21.6 Å². The number of rotatable bonds is 1. The zero-order valence-electron chi connectivity index (χ0n) is 8.58. The van der Waals surface area contributed by atoms with Crippen molar-refractivity contribution in [3.05, 3.63) is 35.4 Å². The molecule has 0 radical (unpaired) electrons. The van der Waals surface area contributed by atoms with Crippen molar-refractivity contribution in [2.45, 2.75) is 25.6 Å². The van der Waals surface area contributed by atoms with Crippen LogP contribution in [0, 0.1) is 0 Å². The predicted molar refractivity (Wildman–Crippen MR) is 53.0 cm³/mol. The predicted octanol–water partition coefficient (Wildman–Crippen LogP) is 3.54. The number of halogens is 3. The highest BCUT2D eigenvalue weighted by Crippen LogP contribution is 2.38. The minimum absolute atomic E-state index is 0.149. The Morgan fingerprint density at radius 2 is 2.00 bits per heavy atom. The molecular weight excluding hydrogens is 219 g/mol. The first-order valence-electron chi connectivity index (χ1n) is 4.84. The summed E-state index contributed by atoms with van der Waals surface area (Å²) in [6.07, 6.45) is -4.55. The van der Waals surface area contributed by atoms with Gasteiger partial charge in [-0.1, -0.05) is 23.4 Å². The molecule has 1 heterocycles. The molecule has 0 fully saturated rings. The molecule has 86 valence electrons. The molecule has 1 aromatic rings. The fourth-order valence-corrected chi connectivity index (χ4v) is 1.70. The Morgan fingerprint density at radius 1 is 1.31 bits per heavy atom. The molecule has 0 saturated heterocycles. The third kappa shape index (κ3) is 2.03. The fourth-order valence-electron chi connectivity index (χ4n) is 1.70. The molecule has 0 bridgehead atoms. The summed E-state index contributed by atoms with van der Waals surface area (Å²) in [5.41, 5.74) is 0.211. The summed E-state index contributed by atoms with van der Waals surface area (Å²) >= 11 is 0. The van der Waals surface area contributed by atoms with E-state index in [2.05, 4.69) is 5.16 Å². The van der Waals surface area contributed by atoms with E-state index < -0.39 is 17.8 Å². The van der Waals surface area contributed by atoms with Crippen LogP contribution in [0.3, 0.4) is 0 Å². The molecule has 0 amide bonds. The molecule has 1 aliphatic rings. The molecule has 1 aromatic carbocycles. The van der Waals surface area contributed by atoms with E-state index in [1.54, 1.807) is 13.0 Å². The third-order valence-electron chi connectivity index (χ3n) is 2.43. The van der Waals surface area contributed by atoms with E-state index in [0.717, 1.165) is 6.07 Å². The summed E-state index contributed by atoms with van der Waals surface area (Å²) < 4.78 is 38.1. The lowest BCUT2D eigenvalue weighted by molar-refractivity contribution is -0.139. The second-order valence-corrected chi connectivity index (χ2v) is 3.71. The number of oxime groups is 1. The maximum Gasteiger partial charge on any atom is 0.416 e. The Balaban J connectivity index is 2.35. The Morgan fingerprint density at radius 3 is 2.56 bits per heavy atom. The molecule has 0 aliphatic carbocycles. The van der Waals surface area contributed by atoms with Gasteiger partial charge in [-0.3, -0.25) is 0 Å². The molecule has 1 atom stereocenters. The minimum atomic E-state index is -4.35. The molecule has 1 aliphatic heterocycles. The second-order valence-electron chi connectivity index (χ2n) is 3.71. The zero-order valence-corrected chi connectivity index (χ0v) is 8.58. The first-order chi connectivity index (χ1) is 7.48. The SMILES string of the molecule is CC1=NO[C@@H](c2ccccc2C(F)(F)F)C1. The Bertz CT molecular complexity index is 425. The van der Waals surface area contributed by atoms with Gasteiger partial charge in [0.1, 0.15) is 0 Å². The van der Waals surface area contributed by atoms with E-state index in [0.29, 0.717) is 12.1 Å². The molecule has 5 heteroatoms. The van der Waals surface area contributed by atoms with Crippen molar-refractivity contribution in [2.75, 3.05) is 0 Å². The normalized spacial score (nSPS) is 20.5.